The molecule has 0 spiro atoms. The summed E-state index contributed by atoms with van der Waals surface area (Å²) in [6.07, 6.45) is 8.41. The maximum Gasteiger partial charge on any atom is 0.175 e. The molecule has 166 valence electrons. The number of benzene rings is 2. The monoisotopic (exact) mass is 523 g/mol. The summed E-state index contributed by atoms with van der Waals surface area (Å²) in [5, 5.41) is 5.15. The van der Waals surface area contributed by atoms with Crippen LogP contribution in [0, 0.1) is 17.8 Å². The van der Waals surface area contributed by atoms with E-state index in [0.29, 0.717) is 27.1 Å². The van der Waals surface area contributed by atoms with Crippen LogP contribution in [0.15, 0.2) is 34.8 Å². The molecule has 4 aliphatic carbocycles. The number of hydrogen-bond donors (Lipinski definition) is 1. The molecule has 0 atom stereocenters. The minimum Gasteiger partial charge on any atom is -0.493 e. The number of halogens is 3. The fraction of sp³-hybridized carbons (Fsp3) is 0.520. The SMILES string of the molecule is COc1cc(CNC23CC4CC(CC(C4)C2)C3)cc(Br)c1OCc1c(Cl)cccc1Cl. The minimum atomic E-state index is 0.276. The zero-order valence-corrected chi connectivity index (χ0v) is 20.8. The number of nitrogens with one attached hydrogen (secondary N) is 1. The molecular formula is C25H28BrCl2NO2. The van der Waals surface area contributed by atoms with Gasteiger partial charge in [0.1, 0.15) is 6.61 Å². The van der Waals surface area contributed by atoms with E-state index in [1.807, 2.05) is 18.2 Å². The molecule has 4 fully saturated rings. The number of methoxy groups -OCH3 is 1. The van der Waals surface area contributed by atoms with E-state index < -0.39 is 0 Å². The predicted molar refractivity (Wildman–Crippen MR) is 129 cm³/mol. The molecule has 31 heavy (non-hydrogen) atoms. The molecule has 3 nitrogen and oxygen atoms in total. The van der Waals surface area contributed by atoms with Crippen molar-refractivity contribution in [1.29, 1.82) is 0 Å². The average Bonchev–Trinajstić information content (AvgIpc) is 2.72. The molecule has 4 aliphatic rings. The molecule has 0 aliphatic heterocycles. The fourth-order valence-corrected chi connectivity index (χ4v) is 7.56. The smallest absolute Gasteiger partial charge is 0.175 e. The summed E-state index contributed by atoms with van der Waals surface area (Å²) >= 11 is 16.3. The lowest BCUT2D eigenvalue weighted by atomic mass is 9.53. The van der Waals surface area contributed by atoms with Crippen molar-refractivity contribution in [2.45, 2.75) is 57.2 Å². The van der Waals surface area contributed by atoms with Gasteiger partial charge in [-0.05, 0) is 102 Å². The number of hydrogen-bond acceptors (Lipinski definition) is 3. The Morgan fingerprint density at radius 2 is 1.65 bits per heavy atom. The van der Waals surface area contributed by atoms with Crippen molar-refractivity contribution < 1.29 is 9.47 Å². The Morgan fingerprint density at radius 3 is 2.23 bits per heavy atom. The van der Waals surface area contributed by atoms with Gasteiger partial charge in [-0.3, -0.25) is 0 Å². The summed E-state index contributed by atoms with van der Waals surface area (Å²) < 4.78 is 12.6. The molecular weight excluding hydrogens is 497 g/mol. The molecule has 4 saturated carbocycles. The van der Waals surface area contributed by atoms with Crippen LogP contribution in [-0.4, -0.2) is 12.6 Å². The van der Waals surface area contributed by atoms with Crippen LogP contribution in [0.2, 0.25) is 10.0 Å². The Kier molecular flexibility index (Phi) is 6.19. The minimum absolute atomic E-state index is 0.276. The van der Waals surface area contributed by atoms with Crippen molar-refractivity contribution >= 4 is 39.1 Å². The Hall–Kier alpha value is -0.940. The van der Waals surface area contributed by atoms with E-state index in [9.17, 15) is 0 Å². The summed E-state index contributed by atoms with van der Waals surface area (Å²) in [5.41, 5.74) is 2.31. The van der Waals surface area contributed by atoms with Gasteiger partial charge in [-0.15, -0.1) is 0 Å². The van der Waals surface area contributed by atoms with Crippen LogP contribution < -0.4 is 14.8 Å². The first kappa shape index (κ1) is 21.9. The predicted octanol–water partition coefficient (Wildman–Crippen LogP) is 7.40. The van der Waals surface area contributed by atoms with Crippen molar-refractivity contribution in [2.24, 2.45) is 17.8 Å². The van der Waals surface area contributed by atoms with Gasteiger partial charge in [0.2, 0.25) is 0 Å². The van der Waals surface area contributed by atoms with Crippen molar-refractivity contribution in [3.05, 3.63) is 56.0 Å². The lowest BCUT2D eigenvalue weighted by molar-refractivity contribution is -0.0206. The number of rotatable bonds is 7. The summed E-state index contributed by atoms with van der Waals surface area (Å²) in [4.78, 5) is 0. The molecule has 0 heterocycles. The quantitative estimate of drug-likeness (QED) is 0.409. The molecule has 2 aromatic carbocycles. The molecule has 0 radical (unpaired) electrons. The van der Waals surface area contributed by atoms with E-state index in [4.69, 9.17) is 32.7 Å². The van der Waals surface area contributed by atoms with Gasteiger partial charge in [0, 0.05) is 27.7 Å². The Bertz CT molecular complexity index is 925. The highest BCUT2D eigenvalue weighted by molar-refractivity contribution is 9.10. The molecule has 0 aromatic heterocycles. The molecule has 4 bridgehead atoms. The molecule has 6 rings (SSSR count). The van der Waals surface area contributed by atoms with Crippen molar-refractivity contribution in [2.75, 3.05) is 7.11 Å². The molecule has 0 unspecified atom stereocenters. The van der Waals surface area contributed by atoms with E-state index in [1.165, 1.54) is 44.1 Å². The van der Waals surface area contributed by atoms with Crippen molar-refractivity contribution in [1.82, 2.24) is 5.32 Å². The fourth-order valence-electron chi connectivity index (χ4n) is 6.45. The molecule has 6 heteroatoms. The van der Waals surface area contributed by atoms with Gasteiger partial charge in [0.25, 0.3) is 0 Å². The molecule has 0 amide bonds. The molecule has 2 aromatic rings. The van der Waals surface area contributed by atoms with Gasteiger partial charge in [-0.2, -0.15) is 0 Å². The second kappa shape index (κ2) is 8.78. The second-order valence-electron chi connectivity index (χ2n) is 9.65. The normalized spacial score (nSPS) is 28.7. The summed E-state index contributed by atoms with van der Waals surface area (Å²) in [6.45, 7) is 1.12. The largest absolute Gasteiger partial charge is 0.493 e. The van der Waals surface area contributed by atoms with Gasteiger partial charge in [0.05, 0.1) is 11.6 Å². The van der Waals surface area contributed by atoms with Crippen LogP contribution in [0.5, 0.6) is 11.5 Å². The first-order valence-electron chi connectivity index (χ1n) is 11.1. The van der Waals surface area contributed by atoms with Crippen LogP contribution in [0.3, 0.4) is 0 Å². The average molecular weight is 525 g/mol. The van der Waals surface area contributed by atoms with Gasteiger partial charge < -0.3 is 14.8 Å². The second-order valence-corrected chi connectivity index (χ2v) is 11.3. The lowest BCUT2D eigenvalue weighted by Crippen LogP contribution is -2.58. The van der Waals surface area contributed by atoms with Gasteiger partial charge in [-0.25, -0.2) is 0 Å². The van der Waals surface area contributed by atoms with Crippen LogP contribution >= 0.6 is 39.1 Å². The van der Waals surface area contributed by atoms with E-state index >= 15 is 0 Å². The van der Waals surface area contributed by atoms with Crippen LogP contribution in [-0.2, 0) is 13.2 Å². The van der Waals surface area contributed by atoms with Crippen molar-refractivity contribution in [3.8, 4) is 11.5 Å². The summed E-state index contributed by atoms with van der Waals surface area (Å²) in [7, 11) is 1.67. The highest BCUT2D eigenvalue weighted by atomic mass is 79.9. The molecule has 0 saturated heterocycles. The zero-order chi connectivity index (χ0) is 21.6. The van der Waals surface area contributed by atoms with E-state index in [2.05, 4.69) is 33.4 Å². The highest BCUT2D eigenvalue weighted by Crippen LogP contribution is 2.55. The van der Waals surface area contributed by atoms with E-state index in [-0.39, 0.29) is 6.61 Å². The van der Waals surface area contributed by atoms with E-state index in [1.54, 1.807) is 7.11 Å². The van der Waals surface area contributed by atoms with E-state index in [0.717, 1.165) is 34.3 Å². The lowest BCUT2D eigenvalue weighted by Gasteiger charge is -2.57. The first-order chi connectivity index (χ1) is 14.9. The third-order valence-corrected chi connectivity index (χ3v) is 8.71. The van der Waals surface area contributed by atoms with Crippen molar-refractivity contribution in [3.63, 3.8) is 0 Å². The van der Waals surface area contributed by atoms with Gasteiger partial charge in [0.15, 0.2) is 11.5 Å². The standard InChI is InChI=1S/C25H28BrCl2NO2/c1-30-23-9-18(13-29-25-10-15-5-16(11-25)7-17(6-15)12-25)8-20(26)24(23)31-14-19-21(27)3-2-4-22(19)28/h2-4,8-9,15-17,29H,5-7,10-14H2,1H3. The zero-order valence-electron chi connectivity index (χ0n) is 17.7. The van der Waals surface area contributed by atoms with Gasteiger partial charge in [-0.1, -0.05) is 29.3 Å². The first-order valence-corrected chi connectivity index (χ1v) is 12.7. The number of ether oxygens (including phenoxy) is 2. The molecule has 1 N–H and O–H groups in total. The van der Waals surface area contributed by atoms with Crippen LogP contribution in [0.1, 0.15) is 49.7 Å². The third-order valence-electron chi connectivity index (χ3n) is 7.42. The Morgan fingerprint density at radius 1 is 1.03 bits per heavy atom. The topological polar surface area (TPSA) is 30.5 Å². The maximum atomic E-state index is 6.29. The van der Waals surface area contributed by atoms with Crippen LogP contribution in [0.25, 0.3) is 0 Å². The Labute approximate surface area is 202 Å². The summed E-state index contributed by atoms with van der Waals surface area (Å²) in [6, 6.07) is 9.66. The maximum absolute atomic E-state index is 6.29. The van der Waals surface area contributed by atoms with Gasteiger partial charge >= 0.3 is 0 Å². The highest BCUT2D eigenvalue weighted by Gasteiger charge is 2.50. The van der Waals surface area contributed by atoms with Crippen LogP contribution in [0.4, 0.5) is 0 Å². The summed E-state index contributed by atoms with van der Waals surface area (Å²) in [5.74, 6) is 4.18. The Balaban J connectivity index is 1.29. The third kappa shape index (κ3) is 4.46.